The van der Waals surface area contributed by atoms with E-state index >= 15 is 0 Å². The maximum atomic E-state index is 12.5. The van der Waals surface area contributed by atoms with Crippen molar-refractivity contribution in [1.82, 2.24) is 0 Å². The molecule has 0 amide bonds. The van der Waals surface area contributed by atoms with E-state index in [1.54, 1.807) is 13.8 Å². The summed E-state index contributed by atoms with van der Waals surface area (Å²) in [4.78, 5) is 0. The fraction of sp³-hybridized carbons (Fsp3) is 0.294. The highest BCUT2D eigenvalue weighted by molar-refractivity contribution is 7.88. The highest BCUT2D eigenvalue weighted by Gasteiger charge is 2.49. The minimum atomic E-state index is -5.86. The van der Waals surface area contributed by atoms with Gasteiger partial charge < -0.3 is 14.0 Å². The third-order valence-electron chi connectivity index (χ3n) is 4.00. The Morgan fingerprint density at radius 3 is 2.42 bits per heavy atom. The van der Waals surface area contributed by atoms with Crippen molar-refractivity contribution in [3.63, 3.8) is 0 Å². The molecule has 0 saturated carbocycles. The molecule has 9 heteroatoms. The Bertz CT molecular complexity index is 994. The van der Waals surface area contributed by atoms with E-state index in [1.165, 1.54) is 0 Å². The second-order valence-electron chi connectivity index (χ2n) is 6.46. The van der Waals surface area contributed by atoms with E-state index < -0.39 is 32.7 Å². The highest BCUT2D eigenvalue weighted by atomic mass is 32.2. The van der Waals surface area contributed by atoms with Crippen LogP contribution in [0.3, 0.4) is 0 Å². The number of phenols is 1. The normalized spacial score (nSPS) is 15.6. The van der Waals surface area contributed by atoms with Crippen molar-refractivity contribution in [2.24, 2.45) is 0 Å². The average Bonchev–Trinajstić information content (AvgIpc) is 2.43. The number of aromatic hydroxyl groups is 1. The van der Waals surface area contributed by atoms with Crippen LogP contribution in [0.1, 0.15) is 25.0 Å². The average molecular weight is 390 g/mol. The van der Waals surface area contributed by atoms with Crippen molar-refractivity contribution in [3.8, 4) is 28.4 Å². The zero-order valence-electron chi connectivity index (χ0n) is 14.0. The summed E-state index contributed by atoms with van der Waals surface area (Å²) >= 11 is 0. The molecule has 1 heterocycles. The Hall–Kier alpha value is -2.42. The molecule has 26 heavy (non-hydrogen) atoms. The van der Waals surface area contributed by atoms with Crippen LogP contribution in [-0.2, 0) is 15.7 Å². The van der Waals surface area contributed by atoms with Gasteiger partial charge in [-0.1, -0.05) is 23.8 Å². The van der Waals surface area contributed by atoms with E-state index in [1.807, 2.05) is 25.1 Å². The molecule has 0 fully saturated rings. The second-order valence-corrected chi connectivity index (χ2v) is 8.00. The van der Waals surface area contributed by atoms with E-state index in [-0.39, 0.29) is 11.3 Å². The number of rotatable bonds is 2. The summed E-state index contributed by atoms with van der Waals surface area (Å²) in [6.45, 7) is 5.36. The predicted molar refractivity (Wildman–Crippen MR) is 87.5 cm³/mol. The molecule has 1 N–H and O–H groups in total. The summed E-state index contributed by atoms with van der Waals surface area (Å²) in [5.41, 5.74) is -3.82. The van der Waals surface area contributed by atoms with Crippen LogP contribution in [0, 0.1) is 6.92 Å². The molecule has 3 rings (SSSR count). The van der Waals surface area contributed by atoms with Crippen LogP contribution in [0.25, 0.3) is 11.1 Å². The Labute approximate surface area is 148 Å². The number of alkyl halides is 3. The van der Waals surface area contributed by atoms with Gasteiger partial charge in [0.05, 0.1) is 5.56 Å². The number of ether oxygens (including phenoxy) is 1. The van der Waals surface area contributed by atoms with E-state index in [0.29, 0.717) is 5.56 Å². The van der Waals surface area contributed by atoms with Gasteiger partial charge in [-0.15, -0.1) is 0 Å². The zero-order chi connectivity index (χ0) is 19.5. The van der Waals surface area contributed by atoms with Crippen molar-refractivity contribution < 1.29 is 35.6 Å². The summed E-state index contributed by atoms with van der Waals surface area (Å²) in [6.07, 6.45) is 0. The predicted octanol–water partition coefficient (Wildman–Crippen LogP) is 4.22. The van der Waals surface area contributed by atoms with Gasteiger partial charge in [0.1, 0.15) is 22.8 Å². The number of hydrogen-bond acceptors (Lipinski definition) is 5. The summed E-state index contributed by atoms with van der Waals surface area (Å²) in [6, 6.07) is 7.36. The molecule has 0 radical (unpaired) electrons. The van der Waals surface area contributed by atoms with Crippen molar-refractivity contribution in [3.05, 3.63) is 41.5 Å². The Kier molecular flexibility index (Phi) is 3.91. The number of fused-ring (bicyclic) bond motifs is 3. The smallest absolute Gasteiger partial charge is 0.507 e. The Balaban J connectivity index is 2.16. The van der Waals surface area contributed by atoms with Crippen LogP contribution < -0.4 is 8.92 Å². The molecular weight excluding hydrogens is 375 g/mol. The van der Waals surface area contributed by atoms with Gasteiger partial charge in [0.15, 0.2) is 0 Å². The van der Waals surface area contributed by atoms with Crippen LogP contribution in [0.2, 0.25) is 0 Å². The van der Waals surface area contributed by atoms with E-state index in [0.717, 1.165) is 23.3 Å². The molecule has 1 aliphatic heterocycles. The fourth-order valence-corrected chi connectivity index (χ4v) is 3.31. The highest BCUT2D eigenvalue weighted by Crippen LogP contribution is 2.51. The van der Waals surface area contributed by atoms with Crippen LogP contribution in [0.15, 0.2) is 30.3 Å². The summed E-state index contributed by atoms with van der Waals surface area (Å²) < 4.78 is 69.8. The topological polar surface area (TPSA) is 72.8 Å². The number of phenolic OH excluding ortho intramolecular Hbond substituents is 1. The van der Waals surface area contributed by atoms with Crippen LogP contribution in [-0.4, -0.2) is 19.0 Å². The molecular formula is C17H15F3O5S. The van der Waals surface area contributed by atoms with Gasteiger partial charge in [0.25, 0.3) is 0 Å². The maximum absolute atomic E-state index is 12.5. The van der Waals surface area contributed by atoms with Crippen LogP contribution >= 0.6 is 0 Å². The van der Waals surface area contributed by atoms with Gasteiger partial charge in [-0.2, -0.15) is 21.6 Å². The van der Waals surface area contributed by atoms with Gasteiger partial charge in [0.2, 0.25) is 0 Å². The molecule has 0 aliphatic carbocycles. The lowest BCUT2D eigenvalue weighted by Crippen LogP contribution is -2.30. The lowest BCUT2D eigenvalue weighted by atomic mass is 9.89. The number of aryl methyl sites for hydroxylation is 1. The van der Waals surface area contributed by atoms with Gasteiger partial charge in [-0.3, -0.25) is 0 Å². The first-order chi connectivity index (χ1) is 11.8. The minimum Gasteiger partial charge on any atom is -0.507 e. The maximum Gasteiger partial charge on any atom is 0.534 e. The van der Waals surface area contributed by atoms with Crippen LogP contribution in [0.4, 0.5) is 13.2 Å². The number of halogens is 3. The van der Waals surface area contributed by atoms with Gasteiger partial charge >= 0.3 is 15.6 Å². The Morgan fingerprint density at radius 2 is 1.81 bits per heavy atom. The molecule has 5 nitrogen and oxygen atoms in total. The third-order valence-corrected chi connectivity index (χ3v) is 4.98. The number of benzene rings is 2. The van der Waals surface area contributed by atoms with Gasteiger partial charge in [-0.05, 0) is 26.3 Å². The third kappa shape index (κ3) is 2.96. The van der Waals surface area contributed by atoms with Crippen molar-refractivity contribution in [1.29, 1.82) is 0 Å². The standard InChI is InChI=1S/C17H15F3O5S/c1-9-4-5-12-11(6-9)15-13(21)7-10(8-14(15)24-16(12,2)3)25-26(22,23)17(18,19)20/h4-8,21H,1-3H3/i2+1,3+1. The molecule has 140 valence electrons. The van der Waals surface area contributed by atoms with Crippen molar-refractivity contribution in [2.75, 3.05) is 0 Å². The first-order valence-electron chi connectivity index (χ1n) is 7.50. The number of hydrogen-bond donors (Lipinski definition) is 1. The SMILES string of the molecule is Cc1ccc2c(c1)-c1c(O)cc(OS(=O)(=O)C(F)(F)F)cc1OC2([13CH3])[13CH3]. The van der Waals surface area contributed by atoms with Crippen molar-refractivity contribution in [2.45, 2.75) is 31.9 Å². The van der Waals surface area contributed by atoms with E-state index in [4.69, 9.17) is 4.74 Å². The summed E-state index contributed by atoms with van der Waals surface area (Å²) in [5.74, 6) is -1.11. The molecule has 0 unspecified atom stereocenters. The van der Waals surface area contributed by atoms with E-state index in [9.17, 15) is 26.7 Å². The van der Waals surface area contributed by atoms with Crippen molar-refractivity contribution >= 4 is 10.1 Å². The largest absolute Gasteiger partial charge is 0.534 e. The molecule has 2 aromatic carbocycles. The fourth-order valence-electron chi connectivity index (χ4n) is 2.87. The molecule has 0 bridgehead atoms. The molecule has 0 saturated heterocycles. The molecule has 0 aromatic heterocycles. The van der Waals surface area contributed by atoms with Gasteiger partial charge in [0, 0.05) is 17.7 Å². The summed E-state index contributed by atoms with van der Waals surface area (Å²) in [5, 5.41) is 10.3. The van der Waals surface area contributed by atoms with Crippen LogP contribution in [0.5, 0.6) is 17.2 Å². The zero-order valence-corrected chi connectivity index (χ0v) is 14.8. The molecule has 0 atom stereocenters. The monoisotopic (exact) mass is 390 g/mol. The first-order valence-corrected chi connectivity index (χ1v) is 8.91. The van der Waals surface area contributed by atoms with E-state index in [2.05, 4.69) is 4.18 Å². The molecule has 1 aliphatic rings. The molecule has 0 spiro atoms. The van der Waals surface area contributed by atoms with Gasteiger partial charge in [-0.25, -0.2) is 0 Å². The quantitative estimate of drug-likeness (QED) is 0.472. The second kappa shape index (κ2) is 5.54. The lowest BCUT2D eigenvalue weighted by Gasteiger charge is -2.35. The minimum absolute atomic E-state index is 0.0282. The lowest BCUT2D eigenvalue weighted by molar-refractivity contribution is -0.0500. The molecule has 2 aromatic rings. The first kappa shape index (κ1) is 18.4. The Morgan fingerprint density at radius 1 is 1.15 bits per heavy atom. The summed E-state index contributed by atoms with van der Waals surface area (Å²) in [7, 11) is -5.86.